The van der Waals surface area contributed by atoms with Crippen molar-refractivity contribution in [2.75, 3.05) is 32.1 Å². The maximum atomic E-state index is 14.4. The van der Waals surface area contributed by atoms with Crippen LogP contribution in [-0.4, -0.2) is 57.5 Å². The second kappa shape index (κ2) is 10.7. The number of carbonyl (C=O) groups excluding carboxylic acids is 1. The summed E-state index contributed by atoms with van der Waals surface area (Å²) in [6, 6.07) is 3.10. The molecule has 1 atom stereocenters. The Labute approximate surface area is 189 Å². The van der Waals surface area contributed by atoms with Gasteiger partial charge in [0.05, 0.1) is 18.3 Å². The lowest BCUT2D eigenvalue weighted by atomic mass is 9.87. The van der Waals surface area contributed by atoms with Gasteiger partial charge in [-0.2, -0.15) is 0 Å². The van der Waals surface area contributed by atoms with Crippen molar-refractivity contribution in [2.45, 2.75) is 69.8 Å². The number of nitrogens with one attached hydrogen (secondary N) is 2. The highest BCUT2D eigenvalue weighted by atomic mass is 19.1. The molecule has 1 aromatic rings. The van der Waals surface area contributed by atoms with Crippen molar-refractivity contribution < 1.29 is 23.0 Å². The fourth-order valence-corrected chi connectivity index (χ4v) is 4.26. The van der Waals surface area contributed by atoms with Crippen molar-refractivity contribution in [1.82, 2.24) is 10.6 Å². The third-order valence-corrected chi connectivity index (χ3v) is 6.30. The van der Waals surface area contributed by atoms with E-state index in [1.54, 1.807) is 7.11 Å². The third-order valence-electron chi connectivity index (χ3n) is 6.30. The lowest BCUT2D eigenvalue weighted by molar-refractivity contribution is -0.121. The minimum atomic E-state index is -0.579. The summed E-state index contributed by atoms with van der Waals surface area (Å²) >= 11 is 0. The van der Waals surface area contributed by atoms with Gasteiger partial charge in [0.15, 0.2) is 0 Å². The molecule has 32 heavy (non-hydrogen) atoms. The zero-order valence-electron chi connectivity index (χ0n) is 19.4. The molecule has 0 bridgehead atoms. The van der Waals surface area contributed by atoms with E-state index in [-0.39, 0.29) is 17.9 Å². The minimum absolute atomic E-state index is 0.000519. The Balaban J connectivity index is 0.000000243. The molecule has 8 heteroatoms. The number of methoxy groups -OCH3 is 1. The van der Waals surface area contributed by atoms with E-state index in [0.717, 1.165) is 25.9 Å². The normalized spacial score (nSPS) is 25.6. The van der Waals surface area contributed by atoms with E-state index in [9.17, 15) is 13.6 Å². The first-order chi connectivity index (χ1) is 15.2. The van der Waals surface area contributed by atoms with Gasteiger partial charge in [-0.25, -0.2) is 8.78 Å². The Hall–Kier alpha value is -2.03. The Kier molecular flexibility index (Phi) is 8.25. The maximum absolute atomic E-state index is 14.4. The van der Waals surface area contributed by atoms with Crippen molar-refractivity contribution >= 4 is 11.6 Å². The van der Waals surface area contributed by atoms with Crippen molar-refractivity contribution in [3.05, 3.63) is 41.6 Å². The minimum Gasteiger partial charge on any atom is -0.381 e. The molecule has 6 nitrogen and oxygen atoms in total. The molecule has 4 rings (SSSR count). The van der Waals surface area contributed by atoms with Gasteiger partial charge in [-0.3, -0.25) is 4.79 Å². The van der Waals surface area contributed by atoms with Gasteiger partial charge >= 0.3 is 0 Å². The van der Waals surface area contributed by atoms with Crippen LogP contribution in [0.15, 0.2) is 24.4 Å². The standard InChI is InChI=1S/C16H19F2N3O.C8H16O2/c1-9-12(3-4-15(22)20-9)16-13(17)5-11(6-14(16)18)21-7-10(8-21)19-2;1-6(2)10-8-4-7(5-8)9-3/h5-6,10,12,19H,1,3-4,7-8H2,2H3,(H,20,22);6-8H,4-5H2,1-3H3. The molecule has 1 unspecified atom stereocenters. The van der Waals surface area contributed by atoms with E-state index in [0.29, 0.717) is 42.2 Å². The molecule has 1 aliphatic carbocycles. The molecule has 1 amide bonds. The van der Waals surface area contributed by atoms with Crippen molar-refractivity contribution in [3.8, 4) is 0 Å². The van der Waals surface area contributed by atoms with Gasteiger partial charge in [-0.05, 0) is 52.3 Å². The monoisotopic (exact) mass is 451 g/mol. The Morgan fingerprint density at radius 1 is 1.19 bits per heavy atom. The summed E-state index contributed by atoms with van der Waals surface area (Å²) in [6.07, 6.45) is 4.07. The summed E-state index contributed by atoms with van der Waals surface area (Å²) in [5, 5.41) is 5.69. The van der Waals surface area contributed by atoms with E-state index >= 15 is 0 Å². The highest BCUT2D eigenvalue weighted by Gasteiger charge is 2.31. The van der Waals surface area contributed by atoms with Crippen molar-refractivity contribution in [3.63, 3.8) is 0 Å². The van der Waals surface area contributed by atoms with Crippen LogP contribution in [-0.2, 0) is 14.3 Å². The van der Waals surface area contributed by atoms with Crippen molar-refractivity contribution in [1.29, 1.82) is 0 Å². The van der Waals surface area contributed by atoms with Crippen LogP contribution in [0.4, 0.5) is 14.5 Å². The van der Waals surface area contributed by atoms with Crippen LogP contribution in [0, 0.1) is 11.6 Å². The molecule has 2 heterocycles. The largest absolute Gasteiger partial charge is 0.381 e. The van der Waals surface area contributed by atoms with Crippen LogP contribution in [0.1, 0.15) is 51.0 Å². The molecule has 0 radical (unpaired) electrons. The average molecular weight is 452 g/mol. The number of anilines is 1. The van der Waals surface area contributed by atoms with Crippen LogP contribution in [0.5, 0.6) is 0 Å². The van der Waals surface area contributed by atoms with E-state index in [1.165, 1.54) is 12.1 Å². The number of likely N-dealkylation sites (N-methyl/N-ethyl adjacent to an activating group) is 1. The highest BCUT2D eigenvalue weighted by molar-refractivity contribution is 5.79. The number of ether oxygens (including phenoxy) is 2. The molecular formula is C24H35F2N3O3. The van der Waals surface area contributed by atoms with E-state index in [4.69, 9.17) is 9.47 Å². The van der Waals surface area contributed by atoms with E-state index in [1.807, 2.05) is 11.9 Å². The van der Waals surface area contributed by atoms with Crippen LogP contribution in [0.25, 0.3) is 0 Å². The number of allylic oxidation sites excluding steroid dienone is 1. The quantitative estimate of drug-likeness (QED) is 0.694. The van der Waals surface area contributed by atoms with Gasteiger partial charge in [0.25, 0.3) is 0 Å². The fourth-order valence-electron chi connectivity index (χ4n) is 4.26. The summed E-state index contributed by atoms with van der Waals surface area (Å²) < 4.78 is 39.5. The lowest BCUT2D eigenvalue weighted by Gasteiger charge is -2.41. The summed E-state index contributed by atoms with van der Waals surface area (Å²) in [5.41, 5.74) is 0.913. The van der Waals surface area contributed by atoms with Crippen LogP contribution in [0.3, 0.4) is 0 Å². The number of halogens is 2. The number of rotatable bonds is 6. The molecule has 1 aromatic carbocycles. The smallest absolute Gasteiger partial charge is 0.224 e. The molecule has 3 aliphatic rings. The molecule has 0 aromatic heterocycles. The fraction of sp³-hybridized carbons (Fsp3) is 0.625. The van der Waals surface area contributed by atoms with E-state index < -0.39 is 17.6 Å². The number of hydrogen-bond donors (Lipinski definition) is 2. The molecule has 3 fully saturated rings. The molecule has 178 valence electrons. The number of nitrogens with zero attached hydrogens (tertiary/aromatic N) is 1. The zero-order chi connectivity index (χ0) is 23.4. The topological polar surface area (TPSA) is 62.8 Å². The highest BCUT2D eigenvalue weighted by Crippen LogP contribution is 2.36. The second-order valence-electron chi connectivity index (χ2n) is 9.01. The first-order valence-electron chi connectivity index (χ1n) is 11.3. The number of amides is 1. The Morgan fingerprint density at radius 3 is 2.31 bits per heavy atom. The molecule has 2 N–H and O–H groups in total. The summed E-state index contributed by atoms with van der Waals surface area (Å²) in [6.45, 7) is 9.34. The van der Waals surface area contributed by atoms with E-state index in [2.05, 4.69) is 31.1 Å². The number of carbonyl (C=O) groups is 1. The lowest BCUT2D eigenvalue weighted by Crippen LogP contribution is -2.57. The molecule has 2 saturated heterocycles. The second-order valence-corrected chi connectivity index (χ2v) is 9.01. The van der Waals surface area contributed by atoms with Gasteiger partial charge in [0, 0.05) is 55.5 Å². The average Bonchev–Trinajstić information content (AvgIpc) is 2.65. The van der Waals surface area contributed by atoms with Gasteiger partial charge in [-0.1, -0.05) is 6.58 Å². The van der Waals surface area contributed by atoms with Crippen molar-refractivity contribution in [2.24, 2.45) is 0 Å². The first kappa shape index (κ1) is 24.6. The molecule has 1 saturated carbocycles. The molecule has 0 spiro atoms. The third kappa shape index (κ3) is 5.85. The zero-order valence-corrected chi connectivity index (χ0v) is 19.4. The Bertz CT molecular complexity index is 798. The van der Waals surface area contributed by atoms with Crippen LogP contribution >= 0.6 is 0 Å². The number of piperidine rings is 1. The number of benzene rings is 1. The van der Waals surface area contributed by atoms with Gasteiger partial charge in [0.1, 0.15) is 11.6 Å². The summed E-state index contributed by atoms with van der Waals surface area (Å²) in [5.74, 6) is -1.82. The predicted octanol–water partition coefficient (Wildman–Crippen LogP) is 3.47. The van der Waals surface area contributed by atoms with Crippen LogP contribution in [0.2, 0.25) is 0 Å². The number of hydrogen-bond acceptors (Lipinski definition) is 5. The summed E-state index contributed by atoms with van der Waals surface area (Å²) in [7, 11) is 3.63. The Morgan fingerprint density at radius 2 is 1.81 bits per heavy atom. The SMILES string of the molecule is C=C1NC(=O)CCC1c1c(F)cc(N2CC(NC)C2)cc1F.COC1CC(OC(C)C)C1. The first-order valence-corrected chi connectivity index (χ1v) is 11.3. The molecular weight excluding hydrogens is 416 g/mol. The predicted molar refractivity (Wildman–Crippen MR) is 121 cm³/mol. The van der Waals surface area contributed by atoms with Gasteiger partial charge in [0.2, 0.25) is 5.91 Å². The van der Waals surface area contributed by atoms with Crippen LogP contribution < -0.4 is 15.5 Å². The van der Waals surface area contributed by atoms with Gasteiger partial charge in [-0.15, -0.1) is 0 Å². The summed E-state index contributed by atoms with van der Waals surface area (Å²) in [4.78, 5) is 13.2. The maximum Gasteiger partial charge on any atom is 0.224 e. The molecule has 2 aliphatic heterocycles. The van der Waals surface area contributed by atoms with Gasteiger partial charge < -0.3 is 25.0 Å².